The van der Waals surface area contributed by atoms with Crippen molar-refractivity contribution in [3.63, 3.8) is 0 Å². The van der Waals surface area contributed by atoms with E-state index >= 15 is 0 Å². The van der Waals surface area contributed by atoms with E-state index in [-0.39, 0.29) is 0 Å². The van der Waals surface area contributed by atoms with Crippen molar-refractivity contribution in [3.8, 4) is 6.07 Å². The van der Waals surface area contributed by atoms with Crippen molar-refractivity contribution in [1.29, 1.82) is 5.26 Å². The Morgan fingerprint density at radius 2 is 1.88 bits per heavy atom. The summed E-state index contributed by atoms with van der Waals surface area (Å²) in [5.74, 6) is 0. The lowest BCUT2D eigenvalue weighted by molar-refractivity contribution is 0.0753. The van der Waals surface area contributed by atoms with E-state index in [0.717, 1.165) is 18.5 Å². The zero-order valence-electron chi connectivity index (χ0n) is 9.49. The third kappa shape index (κ3) is 2.34. The number of hydrogen-bond acceptors (Lipinski definition) is 3. The fraction of sp³-hybridized carbons (Fsp3) is 0.462. The van der Waals surface area contributed by atoms with Gasteiger partial charge >= 0.3 is 0 Å². The normalized spacial score (nSPS) is 18.8. The number of nitrogens with one attached hydrogen (secondary N) is 1. The Kier molecular flexibility index (Phi) is 3.12. The molecule has 0 aliphatic carbocycles. The molecule has 1 aromatic carbocycles. The molecule has 84 valence electrons. The fourth-order valence-electron chi connectivity index (χ4n) is 1.90. The van der Waals surface area contributed by atoms with Gasteiger partial charge < -0.3 is 10.1 Å². The summed E-state index contributed by atoms with van der Waals surface area (Å²) in [7, 11) is 0. The van der Waals surface area contributed by atoms with Crippen LogP contribution in [-0.4, -0.2) is 18.8 Å². The maximum Gasteiger partial charge on any atom is 0.129 e. The smallest absolute Gasteiger partial charge is 0.129 e. The van der Waals surface area contributed by atoms with Crippen LogP contribution in [0.4, 0.5) is 5.69 Å². The lowest BCUT2D eigenvalue weighted by atomic mass is 9.91. The molecule has 1 aliphatic rings. The molecular formula is C13H16N2O. The minimum atomic E-state index is -0.451. The van der Waals surface area contributed by atoms with Gasteiger partial charge in [0.1, 0.15) is 5.54 Å². The first-order valence-electron chi connectivity index (χ1n) is 5.58. The van der Waals surface area contributed by atoms with Gasteiger partial charge in [0.15, 0.2) is 0 Å². The Labute approximate surface area is 96.0 Å². The highest BCUT2D eigenvalue weighted by atomic mass is 16.5. The molecule has 3 heteroatoms. The first kappa shape index (κ1) is 11.0. The van der Waals surface area contributed by atoms with Crippen molar-refractivity contribution in [2.45, 2.75) is 25.3 Å². The SMILES string of the molecule is Cc1ccc(NC2(C#N)CCOCC2)cc1. The highest BCUT2D eigenvalue weighted by Crippen LogP contribution is 2.25. The highest BCUT2D eigenvalue weighted by Gasteiger charge is 2.32. The molecule has 1 heterocycles. The summed E-state index contributed by atoms with van der Waals surface area (Å²) in [6.07, 6.45) is 1.49. The summed E-state index contributed by atoms with van der Waals surface area (Å²) in [6, 6.07) is 10.5. The number of nitrogens with zero attached hydrogens (tertiary/aromatic N) is 1. The van der Waals surface area contributed by atoms with Gasteiger partial charge in [-0.1, -0.05) is 17.7 Å². The van der Waals surface area contributed by atoms with Crippen LogP contribution in [-0.2, 0) is 4.74 Å². The van der Waals surface area contributed by atoms with Crippen molar-refractivity contribution in [1.82, 2.24) is 0 Å². The Balaban J connectivity index is 2.12. The van der Waals surface area contributed by atoms with Gasteiger partial charge in [0, 0.05) is 31.7 Å². The molecule has 0 aromatic heterocycles. The van der Waals surface area contributed by atoms with Gasteiger partial charge in [-0.3, -0.25) is 0 Å². The van der Waals surface area contributed by atoms with Gasteiger partial charge in [0.25, 0.3) is 0 Å². The summed E-state index contributed by atoms with van der Waals surface area (Å²) in [6.45, 7) is 3.37. The monoisotopic (exact) mass is 216 g/mol. The molecule has 0 radical (unpaired) electrons. The first-order valence-corrected chi connectivity index (χ1v) is 5.58. The first-order chi connectivity index (χ1) is 7.74. The number of aryl methyl sites for hydroxylation is 1. The quantitative estimate of drug-likeness (QED) is 0.826. The molecule has 0 amide bonds. The summed E-state index contributed by atoms with van der Waals surface area (Å²) in [4.78, 5) is 0. The molecule has 1 aromatic rings. The van der Waals surface area contributed by atoms with Crippen LogP contribution in [0.5, 0.6) is 0 Å². The Morgan fingerprint density at radius 1 is 1.25 bits per heavy atom. The molecular weight excluding hydrogens is 200 g/mol. The van der Waals surface area contributed by atoms with E-state index in [1.807, 2.05) is 24.3 Å². The zero-order valence-corrected chi connectivity index (χ0v) is 9.49. The summed E-state index contributed by atoms with van der Waals surface area (Å²) < 4.78 is 5.29. The van der Waals surface area contributed by atoms with Crippen molar-refractivity contribution in [2.75, 3.05) is 18.5 Å². The van der Waals surface area contributed by atoms with Crippen LogP contribution in [0.25, 0.3) is 0 Å². The zero-order chi connectivity index (χ0) is 11.4. The third-order valence-corrected chi connectivity index (χ3v) is 3.00. The van der Waals surface area contributed by atoms with E-state index < -0.39 is 5.54 Å². The molecule has 1 saturated heterocycles. The van der Waals surface area contributed by atoms with Crippen LogP contribution < -0.4 is 5.32 Å². The van der Waals surface area contributed by atoms with Crippen molar-refractivity contribution in [3.05, 3.63) is 29.8 Å². The van der Waals surface area contributed by atoms with Crippen molar-refractivity contribution in [2.24, 2.45) is 0 Å². The van der Waals surface area contributed by atoms with E-state index in [0.29, 0.717) is 13.2 Å². The Hall–Kier alpha value is -1.53. The van der Waals surface area contributed by atoms with Crippen LogP contribution in [0.3, 0.4) is 0 Å². The highest BCUT2D eigenvalue weighted by molar-refractivity contribution is 5.48. The summed E-state index contributed by atoms with van der Waals surface area (Å²) >= 11 is 0. The fourth-order valence-corrected chi connectivity index (χ4v) is 1.90. The third-order valence-electron chi connectivity index (χ3n) is 3.00. The molecule has 0 atom stereocenters. The number of anilines is 1. The topological polar surface area (TPSA) is 45.0 Å². The predicted octanol–water partition coefficient (Wildman–Crippen LogP) is 2.48. The molecule has 2 rings (SSSR count). The van der Waals surface area contributed by atoms with Crippen LogP contribution >= 0.6 is 0 Å². The molecule has 0 spiro atoms. The molecule has 0 unspecified atom stereocenters. The van der Waals surface area contributed by atoms with Crippen LogP contribution in [0, 0.1) is 18.3 Å². The number of hydrogen-bond donors (Lipinski definition) is 1. The lowest BCUT2D eigenvalue weighted by Gasteiger charge is -2.32. The molecule has 1 aliphatic heterocycles. The van der Waals surface area contributed by atoms with Crippen molar-refractivity contribution < 1.29 is 4.74 Å². The van der Waals surface area contributed by atoms with Crippen LogP contribution in [0.1, 0.15) is 18.4 Å². The molecule has 3 nitrogen and oxygen atoms in total. The molecule has 0 bridgehead atoms. The van der Waals surface area contributed by atoms with Crippen LogP contribution in [0.2, 0.25) is 0 Å². The lowest BCUT2D eigenvalue weighted by Crippen LogP contribution is -2.42. The minimum Gasteiger partial charge on any atom is -0.381 e. The average Bonchev–Trinajstić information content (AvgIpc) is 2.33. The van der Waals surface area contributed by atoms with E-state index in [4.69, 9.17) is 4.74 Å². The maximum absolute atomic E-state index is 9.29. The van der Waals surface area contributed by atoms with Gasteiger partial charge in [-0.15, -0.1) is 0 Å². The van der Waals surface area contributed by atoms with Gasteiger partial charge in [0.05, 0.1) is 6.07 Å². The standard InChI is InChI=1S/C13H16N2O/c1-11-2-4-12(5-3-11)15-13(10-14)6-8-16-9-7-13/h2-5,15H,6-9H2,1H3. The van der Waals surface area contributed by atoms with E-state index in [2.05, 4.69) is 18.3 Å². The largest absolute Gasteiger partial charge is 0.381 e. The van der Waals surface area contributed by atoms with E-state index in [9.17, 15) is 5.26 Å². The average molecular weight is 216 g/mol. The number of benzene rings is 1. The molecule has 1 N–H and O–H groups in total. The number of ether oxygens (including phenoxy) is 1. The second kappa shape index (κ2) is 4.54. The Morgan fingerprint density at radius 3 is 2.44 bits per heavy atom. The van der Waals surface area contributed by atoms with E-state index in [1.54, 1.807) is 0 Å². The molecule has 16 heavy (non-hydrogen) atoms. The van der Waals surface area contributed by atoms with Gasteiger partial charge in [-0.2, -0.15) is 5.26 Å². The maximum atomic E-state index is 9.29. The van der Waals surface area contributed by atoms with E-state index in [1.165, 1.54) is 5.56 Å². The molecule has 1 fully saturated rings. The summed E-state index contributed by atoms with van der Waals surface area (Å²) in [5, 5.41) is 12.6. The second-order valence-corrected chi connectivity index (χ2v) is 4.30. The Bertz CT molecular complexity index is 385. The second-order valence-electron chi connectivity index (χ2n) is 4.30. The van der Waals surface area contributed by atoms with Gasteiger partial charge in [-0.05, 0) is 19.1 Å². The summed E-state index contributed by atoms with van der Waals surface area (Å²) in [5.41, 5.74) is 1.78. The predicted molar refractivity (Wildman–Crippen MR) is 63.2 cm³/mol. The van der Waals surface area contributed by atoms with Crippen LogP contribution in [0.15, 0.2) is 24.3 Å². The minimum absolute atomic E-state index is 0.451. The van der Waals surface area contributed by atoms with Crippen molar-refractivity contribution >= 4 is 5.69 Å². The van der Waals surface area contributed by atoms with Gasteiger partial charge in [0.2, 0.25) is 0 Å². The van der Waals surface area contributed by atoms with Gasteiger partial charge in [-0.25, -0.2) is 0 Å². The molecule has 0 saturated carbocycles. The number of nitriles is 1. The number of rotatable bonds is 2.